The number of amides is 1. The van der Waals surface area contributed by atoms with Crippen molar-refractivity contribution in [2.24, 2.45) is 0 Å². The summed E-state index contributed by atoms with van der Waals surface area (Å²) in [7, 11) is 0. The summed E-state index contributed by atoms with van der Waals surface area (Å²) in [5.74, 6) is 0.311. The van der Waals surface area contributed by atoms with Crippen molar-refractivity contribution in [1.82, 2.24) is 14.7 Å². The predicted molar refractivity (Wildman–Crippen MR) is 139 cm³/mol. The first kappa shape index (κ1) is 24.8. The van der Waals surface area contributed by atoms with Crippen LogP contribution in [0.4, 0.5) is 0 Å². The number of fused-ring (bicyclic) bond motifs is 1. The van der Waals surface area contributed by atoms with Crippen LogP contribution in [0.25, 0.3) is 16.8 Å². The zero-order valence-electron chi connectivity index (χ0n) is 20.2. The van der Waals surface area contributed by atoms with Crippen molar-refractivity contribution in [3.05, 3.63) is 88.8 Å². The van der Waals surface area contributed by atoms with E-state index in [0.717, 1.165) is 28.0 Å². The molecular weight excluding hydrogens is 462 g/mol. The third kappa shape index (κ3) is 5.84. The van der Waals surface area contributed by atoms with E-state index in [2.05, 4.69) is 58.0 Å². The van der Waals surface area contributed by atoms with E-state index in [1.165, 1.54) is 0 Å². The molecule has 0 bridgehead atoms. The highest BCUT2D eigenvalue weighted by Crippen LogP contribution is 2.27. The van der Waals surface area contributed by atoms with Gasteiger partial charge in [0, 0.05) is 41.9 Å². The number of pyridine rings is 1. The van der Waals surface area contributed by atoms with Gasteiger partial charge in [-0.3, -0.25) is 4.79 Å². The minimum absolute atomic E-state index is 0.00996. The number of hydrogen-bond donors (Lipinski definition) is 2. The molecule has 0 radical (unpaired) electrons. The standard InChI is InChI=1S/C28H30ClN3O3/c1-18(2)35-26-11-9-22(17-25(26)29)28(34)31-23(12-15-33)16-20-5-7-21(8-6-20)24-10-4-19(3)32-14-13-30-27(24)32/h4-11,13-14,17-18,23,33H,12,15-16H2,1-3H3,(H,31,34)/t23-/m1/s1. The molecular formula is C28H30ClN3O3. The fraction of sp³-hybridized carbons (Fsp3) is 0.286. The van der Waals surface area contributed by atoms with Crippen LogP contribution in [0.3, 0.4) is 0 Å². The minimum Gasteiger partial charge on any atom is -0.489 e. The second-order valence-electron chi connectivity index (χ2n) is 8.90. The topological polar surface area (TPSA) is 75.9 Å². The molecule has 0 fully saturated rings. The number of aliphatic hydroxyl groups is 1. The summed E-state index contributed by atoms with van der Waals surface area (Å²) in [4.78, 5) is 17.4. The molecule has 2 N–H and O–H groups in total. The van der Waals surface area contributed by atoms with Crippen LogP contribution in [0.1, 0.15) is 41.9 Å². The van der Waals surface area contributed by atoms with Gasteiger partial charge in [0.2, 0.25) is 0 Å². The lowest BCUT2D eigenvalue weighted by molar-refractivity contribution is 0.0930. The highest BCUT2D eigenvalue weighted by Gasteiger charge is 2.16. The van der Waals surface area contributed by atoms with Crippen molar-refractivity contribution in [2.75, 3.05) is 6.61 Å². The first-order chi connectivity index (χ1) is 16.9. The number of ether oxygens (including phenoxy) is 1. The summed E-state index contributed by atoms with van der Waals surface area (Å²) in [6, 6.07) is 17.2. The van der Waals surface area contributed by atoms with Gasteiger partial charge in [-0.1, -0.05) is 35.9 Å². The number of carbonyl (C=O) groups is 1. The number of benzene rings is 2. The number of hydrogen-bond acceptors (Lipinski definition) is 4. The molecule has 2 heterocycles. The molecule has 0 aliphatic rings. The molecule has 6 nitrogen and oxygen atoms in total. The Hall–Kier alpha value is -3.35. The van der Waals surface area contributed by atoms with Crippen LogP contribution in [0.5, 0.6) is 5.75 Å². The lowest BCUT2D eigenvalue weighted by Gasteiger charge is -2.19. The number of aliphatic hydroxyl groups excluding tert-OH is 1. The van der Waals surface area contributed by atoms with E-state index in [4.69, 9.17) is 16.3 Å². The fourth-order valence-corrected chi connectivity index (χ4v) is 4.34. The Labute approximate surface area is 210 Å². The maximum absolute atomic E-state index is 12.9. The quantitative estimate of drug-likeness (QED) is 0.325. The van der Waals surface area contributed by atoms with Gasteiger partial charge in [-0.05, 0) is 75.1 Å². The van der Waals surface area contributed by atoms with Gasteiger partial charge in [-0.2, -0.15) is 0 Å². The molecule has 2 aromatic heterocycles. The van der Waals surface area contributed by atoms with Crippen molar-refractivity contribution >= 4 is 23.2 Å². The SMILES string of the molecule is Cc1ccc(-c2ccc(C[C@@H](CCO)NC(=O)c3ccc(OC(C)C)c(Cl)c3)cc2)c2nccn12. The van der Waals surface area contributed by atoms with Crippen LogP contribution < -0.4 is 10.1 Å². The summed E-state index contributed by atoms with van der Waals surface area (Å²) in [6.07, 6.45) is 4.80. The van der Waals surface area contributed by atoms with Crippen molar-refractivity contribution in [1.29, 1.82) is 0 Å². The van der Waals surface area contributed by atoms with E-state index in [9.17, 15) is 9.90 Å². The Morgan fingerprint density at radius 3 is 2.60 bits per heavy atom. The maximum atomic E-state index is 12.9. The zero-order chi connectivity index (χ0) is 24.9. The molecule has 182 valence electrons. The van der Waals surface area contributed by atoms with Gasteiger partial charge in [0.15, 0.2) is 0 Å². The summed E-state index contributed by atoms with van der Waals surface area (Å²) < 4.78 is 7.72. The number of aryl methyl sites for hydroxylation is 1. The van der Waals surface area contributed by atoms with Gasteiger partial charge in [-0.15, -0.1) is 0 Å². The van der Waals surface area contributed by atoms with Crippen LogP contribution in [0.2, 0.25) is 5.02 Å². The molecule has 1 amide bonds. The number of rotatable bonds is 9. The van der Waals surface area contributed by atoms with Gasteiger partial charge in [0.25, 0.3) is 5.91 Å². The molecule has 4 rings (SSSR count). The fourth-order valence-electron chi connectivity index (χ4n) is 4.12. The summed E-state index contributed by atoms with van der Waals surface area (Å²) in [5, 5.41) is 13.0. The third-order valence-electron chi connectivity index (χ3n) is 5.87. The van der Waals surface area contributed by atoms with Gasteiger partial charge in [0.1, 0.15) is 11.4 Å². The Morgan fingerprint density at radius 1 is 1.14 bits per heavy atom. The number of halogens is 1. The van der Waals surface area contributed by atoms with Gasteiger partial charge in [-0.25, -0.2) is 4.98 Å². The maximum Gasteiger partial charge on any atom is 0.251 e. The van der Waals surface area contributed by atoms with Crippen LogP contribution in [-0.2, 0) is 6.42 Å². The molecule has 0 saturated heterocycles. The molecule has 0 spiro atoms. The molecule has 0 unspecified atom stereocenters. The lowest BCUT2D eigenvalue weighted by Crippen LogP contribution is -2.37. The first-order valence-electron chi connectivity index (χ1n) is 11.8. The minimum atomic E-state index is -0.237. The van der Waals surface area contributed by atoms with Crippen molar-refractivity contribution < 1.29 is 14.6 Å². The van der Waals surface area contributed by atoms with E-state index in [0.29, 0.717) is 29.2 Å². The number of nitrogens with zero attached hydrogens (tertiary/aromatic N) is 2. The lowest BCUT2D eigenvalue weighted by atomic mass is 9.99. The second-order valence-corrected chi connectivity index (χ2v) is 9.31. The molecule has 0 saturated carbocycles. The molecule has 35 heavy (non-hydrogen) atoms. The predicted octanol–water partition coefficient (Wildman–Crippen LogP) is 5.47. The number of imidazole rings is 1. The average Bonchev–Trinajstić information content (AvgIpc) is 3.32. The Kier molecular flexibility index (Phi) is 7.73. The summed E-state index contributed by atoms with van der Waals surface area (Å²) in [5.41, 5.74) is 5.71. The van der Waals surface area contributed by atoms with Crippen molar-refractivity contribution in [3.8, 4) is 16.9 Å². The molecule has 2 aromatic carbocycles. The molecule has 1 atom stereocenters. The third-order valence-corrected chi connectivity index (χ3v) is 6.16. The normalized spacial score (nSPS) is 12.2. The van der Waals surface area contributed by atoms with E-state index < -0.39 is 0 Å². The van der Waals surface area contributed by atoms with Gasteiger partial charge >= 0.3 is 0 Å². The average molecular weight is 492 g/mol. The van der Waals surface area contributed by atoms with E-state index in [1.54, 1.807) is 24.4 Å². The largest absolute Gasteiger partial charge is 0.489 e. The molecule has 4 aromatic rings. The summed E-state index contributed by atoms with van der Waals surface area (Å²) >= 11 is 6.30. The number of carbonyl (C=O) groups excluding carboxylic acids is 1. The van der Waals surface area contributed by atoms with Crippen LogP contribution in [0, 0.1) is 6.92 Å². The zero-order valence-corrected chi connectivity index (χ0v) is 20.9. The van der Waals surface area contributed by atoms with Crippen LogP contribution >= 0.6 is 11.6 Å². The van der Waals surface area contributed by atoms with Gasteiger partial charge < -0.3 is 19.6 Å². The van der Waals surface area contributed by atoms with E-state index in [-0.39, 0.29) is 24.7 Å². The highest BCUT2D eigenvalue weighted by molar-refractivity contribution is 6.32. The Bertz CT molecular complexity index is 1320. The smallest absolute Gasteiger partial charge is 0.251 e. The van der Waals surface area contributed by atoms with Crippen LogP contribution in [0.15, 0.2) is 67.0 Å². The Balaban J connectivity index is 1.46. The first-order valence-corrected chi connectivity index (χ1v) is 12.1. The molecule has 0 aliphatic heterocycles. The number of nitrogens with one attached hydrogen (secondary N) is 1. The van der Waals surface area contributed by atoms with Gasteiger partial charge in [0.05, 0.1) is 11.1 Å². The monoisotopic (exact) mass is 491 g/mol. The van der Waals surface area contributed by atoms with E-state index in [1.807, 2.05) is 20.0 Å². The van der Waals surface area contributed by atoms with Crippen molar-refractivity contribution in [3.63, 3.8) is 0 Å². The number of aromatic nitrogens is 2. The van der Waals surface area contributed by atoms with E-state index >= 15 is 0 Å². The van der Waals surface area contributed by atoms with Crippen molar-refractivity contribution in [2.45, 2.75) is 45.8 Å². The second kappa shape index (κ2) is 10.9. The highest BCUT2D eigenvalue weighted by atomic mass is 35.5. The molecule has 7 heteroatoms. The molecule has 0 aliphatic carbocycles. The Morgan fingerprint density at radius 2 is 1.91 bits per heavy atom. The van der Waals surface area contributed by atoms with Crippen LogP contribution in [-0.4, -0.2) is 39.2 Å². The summed E-state index contributed by atoms with van der Waals surface area (Å²) in [6.45, 7) is 5.87.